The van der Waals surface area contributed by atoms with Crippen LogP contribution in [0.5, 0.6) is 0 Å². The Labute approximate surface area is 113 Å². The number of nitrogens with zero attached hydrogens (tertiary/aromatic N) is 5. The van der Waals surface area contributed by atoms with Crippen LogP contribution in [0.4, 0.5) is 0 Å². The van der Waals surface area contributed by atoms with E-state index in [4.69, 9.17) is 5.10 Å². The van der Waals surface area contributed by atoms with Crippen molar-refractivity contribution < 1.29 is 0 Å². The fourth-order valence-corrected chi connectivity index (χ4v) is 2.40. The van der Waals surface area contributed by atoms with Crippen molar-refractivity contribution >= 4 is 0 Å². The first-order valence-electron chi connectivity index (χ1n) is 6.76. The number of rotatable bonds is 6. The molecule has 0 saturated carbocycles. The van der Waals surface area contributed by atoms with Crippen LogP contribution < -0.4 is 5.32 Å². The average molecular weight is 262 g/mol. The Morgan fingerprint density at radius 2 is 2.05 bits per heavy atom. The minimum atomic E-state index is 0.688. The summed E-state index contributed by atoms with van der Waals surface area (Å²) < 4.78 is 3.79. The van der Waals surface area contributed by atoms with Crippen molar-refractivity contribution in [3.8, 4) is 0 Å². The van der Waals surface area contributed by atoms with Crippen LogP contribution in [0.15, 0.2) is 6.20 Å². The first kappa shape index (κ1) is 13.7. The van der Waals surface area contributed by atoms with Crippen LogP contribution in [-0.2, 0) is 33.0 Å². The van der Waals surface area contributed by atoms with Crippen LogP contribution in [0.2, 0.25) is 0 Å². The van der Waals surface area contributed by atoms with E-state index in [-0.39, 0.29) is 0 Å². The highest BCUT2D eigenvalue weighted by molar-refractivity contribution is 5.27. The van der Waals surface area contributed by atoms with E-state index in [1.54, 1.807) is 4.68 Å². The largest absolute Gasteiger partial charge is 0.316 e. The lowest BCUT2D eigenvalue weighted by Gasteiger charge is -2.06. The van der Waals surface area contributed by atoms with Gasteiger partial charge in [-0.25, -0.2) is 0 Å². The second-order valence-corrected chi connectivity index (χ2v) is 4.65. The predicted molar refractivity (Wildman–Crippen MR) is 73.9 cm³/mol. The van der Waals surface area contributed by atoms with Gasteiger partial charge in [0.2, 0.25) is 0 Å². The summed E-state index contributed by atoms with van der Waals surface area (Å²) in [5, 5.41) is 16.1. The van der Waals surface area contributed by atoms with Gasteiger partial charge in [0.1, 0.15) is 5.69 Å². The van der Waals surface area contributed by atoms with E-state index < -0.39 is 0 Å². The Kier molecular flexibility index (Phi) is 4.31. The molecule has 0 aliphatic rings. The average Bonchev–Trinajstić information content (AvgIpc) is 2.94. The Bertz CT molecular complexity index is 539. The first-order chi connectivity index (χ1) is 9.19. The molecule has 0 amide bonds. The number of hydrogen-bond donors (Lipinski definition) is 1. The Morgan fingerprint density at radius 3 is 2.58 bits per heavy atom. The van der Waals surface area contributed by atoms with Crippen LogP contribution in [0.25, 0.3) is 0 Å². The molecule has 0 aliphatic carbocycles. The molecular weight excluding hydrogens is 240 g/mol. The number of nitrogens with one attached hydrogen (secondary N) is 1. The van der Waals surface area contributed by atoms with Crippen molar-refractivity contribution in [1.82, 2.24) is 30.1 Å². The maximum atomic E-state index is 4.72. The summed E-state index contributed by atoms with van der Waals surface area (Å²) in [5.74, 6) is 0. The molecule has 0 bridgehead atoms. The molecule has 6 heteroatoms. The van der Waals surface area contributed by atoms with E-state index in [1.165, 1.54) is 17.0 Å². The summed E-state index contributed by atoms with van der Waals surface area (Å²) in [4.78, 5) is 0. The number of hydrogen-bond acceptors (Lipinski definition) is 4. The van der Waals surface area contributed by atoms with E-state index in [1.807, 2.05) is 20.3 Å². The Hall–Kier alpha value is -1.69. The third-order valence-corrected chi connectivity index (χ3v) is 3.23. The van der Waals surface area contributed by atoms with Gasteiger partial charge in [-0.1, -0.05) is 19.1 Å². The lowest BCUT2D eigenvalue weighted by molar-refractivity contribution is 0.625. The van der Waals surface area contributed by atoms with Crippen LogP contribution in [-0.4, -0.2) is 31.8 Å². The van der Waals surface area contributed by atoms with E-state index in [2.05, 4.69) is 34.2 Å². The monoisotopic (exact) mass is 262 g/mol. The fourth-order valence-electron chi connectivity index (χ4n) is 2.40. The van der Waals surface area contributed by atoms with Gasteiger partial charge in [-0.3, -0.25) is 9.36 Å². The van der Waals surface area contributed by atoms with Gasteiger partial charge in [-0.2, -0.15) is 5.10 Å². The van der Waals surface area contributed by atoms with Crippen molar-refractivity contribution in [2.75, 3.05) is 7.05 Å². The maximum absolute atomic E-state index is 4.72. The van der Waals surface area contributed by atoms with Gasteiger partial charge in [0, 0.05) is 31.0 Å². The van der Waals surface area contributed by atoms with Crippen molar-refractivity contribution in [3.63, 3.8) is 0 Å². The SMILES string of the molecule is CCc1nn(Cc2cn(C)nn2)c(CC)c1CNC. The van der Waals surface area contributed by atoms with Crippen molar-refractivity contribution in [1.29, 1.82) is 0 Å². The highest BCUT2D eigenvalue weighted by Gasteiger charge is 2.15. The molecule has 104 valence electrons. The van der Waals surface area contributed by atoms with Crippen molar-refractivity contribution in [2.24, 2.45) is 7.05 Å². The van der Waals surface area contributed by atoms with Gasteiger partial charge in [-0.15, -0.1) is 5.10 Å². The first-order valence-corrected chi connectivity index (χ1v) is 6.76. The second kappa shape index (κ2) is 5.97. The standard InChI is InChI=1S/C13H22N6/c1-5-12-11(7-14-3)13(6-2)19(16-12)9-10-8-18(4)17-15-10/h8,14H,5-7,9H2,1-4H3. The Balaban J connectivity index is 2.33. The fraction of sp³-hybridized carbons (Fsp3) is 0.615. The molecule has 0 fully saturated rings. The summed E-state index contributed by atoms with van der Waals surface area (Å²) >= 11 is 0. The zero-order valence-electron chi connectivity index (χ0n) is 12.1. The molecule has 0 saturated heterocycles. The zero-order chi connectivity index (χ0) is 13.8. The lowest BCUT2D eigenvalue weighted by Crippen LogP contribution is -2.10. The van der Waals surface area contributed by atoms with Crippen molar-refractivity contribution in [2.45, 2.75) is 39.8 Å². The summed E-state index contributed by atoms with van der Waals surface area (Å²) in [6.45, 7) is 5.87. The molecule has 2 heterocycles. The van der Waals surface area contributed by atoms with E-state index >= 15 is 0 Å². The molecule has 0 unspecified atom stereocenters. The zero-order valence-corrected chi connectivity index (χ0v) is 12.1. The molecule has 2 aromatic heterocycles. The van der Waals surface area contributed by atoms with E-state index in [0.29, 0.717) is 6.54 Å². The van der Waals surface area contributed by atoms with Crippen LogP contribution in [0, 0.1) is 0 Å². The third kappa shape index (κ3) is 2.84. The highest BCUT2D eigenvalue weighted by atomic mass is 15.4. The predicted octanol–water partition coefficient (Wildman–Crippen LogP) is 0.904. The number of aromatic nitrogens is 5. The van der Waals surface area contributed by atoms with Gasteiger partial charge in [0.05, 0.1) is 12.2 Å². The normalized spacial score (nSPS) is 11.2. The molecule has 0 atom stereocenters. The minimum absolute atomic E-state index is 0.688. The summed E-state index contributed by atoms with van der Waals surface area (Å²) in [6, 6.07) is 0. The second-order valence-electron chi connectivity index (χ2n) is 4.65. The summed E-state index contributed by atoms with van der Waals surface area (Å²) in [6.07, 6.45) is 3.87. The lowest BCUT2D eigenvalue weighted by atomic mass is 10.1. The van der Waals surface area contributed by atoms with E-state index in [0.717, 1.165) is 25.1 Å². The topological polar surface area (TPSA) is 60.6 Å². The maximum Gasteiger partial charge on any atom is 0.104 e. The molecule has 6 nitrogen and oxygen atoms in total. The molecule has 0 radical (unpaired) electrons. The molecular formula is C13H22N6. The van der Waals surface area contributed by atoms with Crippen LogP contribution >= 0.6 is 0 Å². The van der Waals surface area contributed by atoms with Gasteiger partial charge >= 0.3 is 0 Å². The highest BCUT2D eigenvalue weighted by Crippen LogP contribution is 2.17. The molecule has 0 aromatic carbocycles. The molecule has 0 spiro atoms. The smallest absolute Gasteiger partial charge is 0.104 e. The van der Waals surface area contributed by atoms with Crippen molar-refractivity contribution in [3.05, 3.63) is 28.8 Å². The van der Waals surface area contributed by atoms with Crippen LogP contribution in [0.3, 0.4) is 0 Å². The third-order valence-electron chi connectivity index (χ3n) is 3.23. The molecule has 2 aromatic rings. The quantitative estimate of drug-likeness (QED) is 0.840. The van der Waals surface area contributed by atoms with Gasteiger partial charge in [-0.05, 0) is 19.9 Å². The molecule has 2 rings (SSSR count). The Morgan fingerprint density at radius 1 is 1.26 bits per heavy atom. The minimum Gasteiger partial charge on any atom is -0.316 e. The van der Waals surface area contributed by atoms with E-state index in [9.17, 15) is 0 Å². The van der Waals surface area contributed by atoms with Gasteiger partial charge in [0.25, 0.3) is 0 Å². The molecule has 19 heavy (non-hydrogen) atoms. The molecule has 1 N–H and O–H groups in total. The summed E-state index contributed by atoms with van der Waals surface area (Å²) in [5.41, 5.74) is 4.74. The van der Waals surface area contributed by atoms with Gasteiger partial charge < -0.3 is 5.32 Å². The van der Waals surface area contributed by atoms with Crippen LogP contribution in [0.1, 0.15) is 36.5 Å². The molecule has 0 aliphatic heterocycles. The summed E-state index contributed by atoms with van der Waals surface area (Å²) in [7, 11) is 3.85. The van der Waals surface area contributed by atoms with Gasteiger partial charge in [0.15, 0.2) is 0 Å². The number of aryl methyl sites for hydroxylation is 2.